The number of hydrogen-bond donors (Lipinski definition) is 1. The van der Waals surface area contributed by atoms with Crippen LogP contribution in [0.5, 0.6) is 5.75 Å². The number of carbonyl (C=O) groups is 1. The number of nitrogens with zero attached hydrogens (tertiary/aromatic N) is 1. The van der Waals surface area contributed by atoms with Crippen LogP contribution in [0, 0.1) is 13.8 Å². The minimum Gasteiger partial charge on any atom is -0.487 e. The molecule has 0 atom stereocenters. The Morgan fingerprint density at radius 2 is 1.72 bits per heavy atom. The zero-order chi connectivity index (χ0) is 21.0. The average molecular weight is 520 g/mol. The van der Waals surface area contributed by atoms with Gasteiger partial charge in [0.25, 0.3) is 5.91 Å². The Balaban J connectivity index is 1.60. The van der Waals surface area contributed by atoms with Gasteiger partial charge >= 0.3 is 0 Å². The molecule has 150 valence electrons. The molecule has 0 spiro atoms. The summed E-state index contributed by atoms with van der Waals surface area (Å²) in [7, 11) is 0. The Bertz CT molecular complexity index is 1030. The standard InChI is InChI=1S/C22H20Br2N2O3/c1-13-10-18(23)21(19(24)11-13)28-12-16-5-7-17(8-6-16)22(27)26-25-15(3)20-9-4-14(2)29-20/h4-11H,12H2,1-3H3,(H,26,27). The van der Waals surface area contributed by atoms with Gasteiger partial charge in [0.1, 0.15) is 29.6 Å². The molecule has 1 heterocycles. The fraction of sp³-hybridized carbons (Fsp3) is 0.182. The van der Waals surface area contributed by atoms with Gasteiger partial charge in [0, 0.05) is 5.56 Å². The maximum absolute atomic E-state index is 12.3. The molecule has 0 radical (unpaired) electrons. The van der Waals surface area contributed by atoms with Crippen LogP contribution in [0.25, 0.3) is 0 Å². The second kappa shape index (κ2) is 9.41. The van der Waals surface area contributed by atoms with Crippen LogP contribution in [0.4, 0.5) is 0 Å². The number of hydrogen-bond acceptors (Lipinski definition) is 4. The Morgan fingerprint density at radius 3 is 2.31 bits per heavy atom. The minimum absolute atomic E-state index is 0.288. The third-order valence-corrected chi connectivity index (χ3v) is 5.34. The van der Waals surface area contributed by atoms with Crippen molar-refractivity contribution < 1.29 is 13.9 Å². The van der Waals surface area contributed by atoms with Crippen LogP contribution in [-0.2, 0) is 6.61 Å². The molecule has 3 aromatic rings. The van der Waals surface area contributed by atoms with Crippen LogP contribution >= 0.6 is 31.9 Å². The monoisotopic (exact) mass is 518 g/mol. The van der Waals surface area contributed by atoms with Crippen molar-refractivity contribution in [2.75, 3.05) is 0 Å². The van der Waals surface area contributed by atoms with Gasteiger partial charge < -0.3 is 9.15 Å². The first-order valence-electron chi connectivity index (χ1n) is 8.92. The molecule has 0 unspecified atom stereocenters. The average Bonchev–Trinajstić information content (AvgIpc) is 3.12. The number of hydrazone groups is 1. The largest absolute Gasteiger partial charge is 0.487 e. The number of halogens is 2. The molecule has 0 aliphatic carbocycles. The van der Waals surface area contributed by atoms with Crippen LogP contribution in [0.15, 0.2) is 67.0 Å². The van der Waals surface area contributed by atoms with E-state index in [0.717, 1.165) is 31.6 Å². The smallest absolute Gasteiger partial charge is 0.271 e. The Kier molecular flexibility index (Phi) is 6.92. The van der Waals surface area contributed by atoms with Crippen LogP contribution in [0.1, 0.15) is 39.9 Å². The van der Waals surface area contributed by atoms with E-state index in [1.165, 1.54) is 0 Å². The second-order valence-corrected chi connectivity index (χ2v) is 8.30. The number of furan rings is 1. The first-order valence-corrected chi connectivity index (χ1v) is 10.5. The number of rotatable bonds is 6. The first-order chi connectivity index (χ1) is 13.8. The molecule has 29 heavy (non-hydrogen) atoms. The normalized spacial score (nSPS) is 11.4. The number of carbonyl (C=O) groups excluding carboxylic acids is 1. The van der Waals surface area contributed by atoms with E-state index in [-0.39, 0.29) is 5.91 Å². The lowest BCUT2D eigenvalue weighted by Gasteiger charge is -2.11. The molecule has 0 saturated heterocycles. The maximum atomic E-state index is 12.3. The summed E-state index contributed by atoms with van der Waals surface area (Å²) in [5.74, 6) is 1.88. The van der Waals surface area contributed by atoms with E-state index >= 15 is 0 Å². The van der Waals surface area contributed by atoms with E-state index in [4.69, 9.17) is 9.15 Å². The van der Waals surface area contributed by atoms with Gasteiger partial charge in [-0.3, -0.25) is 4.79 Å². The highest BCUT2D eigenvalue weighted by molar-refractivity contribution is 9.11. The summed E-state index contributed by atoms with van der Waals surface area (Å²) in [6, 6.07) is 14.9. The molecule has 7 heteroatoms. The molecule has 0 fully saturated rings. The van der Waals surface area contributed by atoms with E-state index in [9.17, 15) is 4.79 Å². The molecule has 0 bridgehead atoms. The van der Waals surface area contributed by atoms with Gasteiger partial charge in [-0.05, 0) is 100 Å². The predicted octanol–water partition coefficient (Wildman–Crippen LogP) is 6.15. The van der Waals surface area contributed by atoms with Crippen molar-refractivity contribution >= 4 is 43.5 Å². The summed E-state index contributed by atoms with van der Waals surface area (Å²) in [6.45, 7) is 6.04. The van der Waals surface area contributed by atoms with Crippen LogP contribution < -0.4 is 10.2 Å². The lowest BCUT2D eigenvalue weighted by molar-refractivity contribution is 0.0954. The van der Waals surface area contributed by atoms with Crippen LogP contribution in [0.3, 0.4) is 0 Å². The molecule has 1 aromatic heterocycles. The predicted molar refractivity (Wildman–Crippen MR) is 120 cm³/mol. The van der Waals surface area contributed by atoms with Crippen molar-refractivity contribution in [2.45, 2.75) is 27.4 Å². The summed E-state index contributed by atoms with van der Waals surface area (Å²) in [5.41, 5.74) is 5.75. The van der Waals surface area contributed by atoms with Crippen molar-refractivity contribution in [3.63, 3.8) is 0 Å². The molecule has 2 aromatic carbocycles. The van der Waals surface area contributed by atoms with Crippen molar-refractivity contribution in [3.05, 3.63) is 85.7 Å². The number of amides is 1. The summed E-state index contributed by atoms with van der Waals surface area (Å²) < 4.78 is 13.2. The minimum atomic E-state index is -0.288. The van der Waals surface area contributed by atoms with Gasteiger partial charge in [-0.1, -0.05) is 12.1 Å². The molecule has 1 amide bonds. The zero-order valence-corrected chi connectivity index (χ0v) is 19.4. The fourth-order valence-electron chi connectivity index (χ4n) is 2.62. The van der Waals surface area contributed by atoms with Gasteiger partial charge in [-0.15, -0.1) is 0 Å². The van der Waals surface area contributed by atoms with E-state index in [1.54, 1.807) is 19.1 Å². The highest BCUT2D eigenvalue weighted by Gasteiger charge is 2.10. The quantitative estimate of drug-likeness (QED) is 0.313. The topological polar surface area (TPSA) is 63.8 Å². The molecular formula is C22H20Br2N2O3. The Hall–Kier alpha value is -2.38. The number of benzene rings is 2. The fourth-order valence-corrected chi connectivity index (χ4v) is 4.26. The summed E-state index contributed by atoms with van der Waals surface area (Å²) in [6.07, 6.45) is 0. The number of nitrogens with one attached hydrogen (secondary N) is 1. The van der Waals surface area contributed by atoms with E-state index in [1.807, 2.05) is 50.2 Å². The molecular weight excluding hydrogens is 500 g/mol. The van der Waals surface area contributed by atoms with Gasteiger partial charge in [0.15, 0.2) is 0 Å². The number of aryl methyl sites for hydroxylation is 2. The number of ether oxygens (including phenoxy) is 1. The SMILES string of the molecule is CC(=NNC(=O)c1ccc(COc2c(Br)cc(C)cc2Br)cc1)c1ccc(C)o1. The van der Waals surface area contributed by atoms with Gasteiger partial charge in [-0.2, -0.15) is 5.10 Å². The van der Waals surface area contributed by atoms with Gasteiger partial charge in [-0.25, -0.2) is 5.43 Å². The first kappa shape index (κ1) is 21.3. The van der Waals surface area contributed by atoms with E-state index in [0.29, 0.717) is 23.6 Å². The third-order valence-electron chi connectivity index (χ3n) is 4.16. The van der Waals surface area contributed by atoms with Gasteiger partial charge in [0.2, 0.25) is 0 Å². The van der Waals surface area contributed by atoms with Crippen LogP contribution in [0.2, 0.25) is 0 Å². The van der Waals surface area contributed by atoms with E-state index in [2.05, 4.69) is 42.4 Å². The molecule has 0 aliphatic heterocycles. The van der Waals surface area contributed by atoms with Crippen molar-refractivity contribution in [1.82, 2.24) is 5.43 Å². The highest BCUT2D eigenvalue weighted by Crippen LogP contribution is 2.35. The summed E-state index contributed by atoms with van der Waals surface area (Å²) in [5, 5.41) is 4.10. The molecule has 1 N–H and O–H groups in total. The van der Waals surface area contributed by atoms with Crippen molar-refractivity contribution in [3.8, 4) is 5.75 Å². The second-order valence-electron chi connectivity index (χ2n) is 6.59. The Morgan fingerprint density at radius 1 is 1.07 bits per heavy atom. The van der Waals surface area contributed by atoms with Crippen LogP contribution in [-0.4, -0.2) is 11.6 Å². The van der Waals surface area contributed by atoms with E-state index < -0.39 is 0 Å². The van der Waals surface area contributed by atoms with Crippen molar-refractivity contribution in [1.29, 1.82) is 0 Å². The lowest BCUT2D eigenvalue weighted by Crippen LogP contribution is -2.19. The molecule has 0 saturated carbocycles. The third kappa shape index (κ3) is 5.58. The molecule has 0 aliphatic rings. The highest BCUT2D eigenvalue weighted by atomic mass is 79.9. The van der Waals surface area contributed by atoms with Crippen molar-refractivity contribution in [2.24, 2.45) is 5.10 Å². The lowest BCUT2D eigenvalue weighted by atomic mass is 10.1. The maximum Gasteiger partial charge on any atom is 0.271 e. The Labute approximate surface area is 186 Å². The molecule has 5 nitrogen and oxygen atoms in total. The summed E-state index contributed by atoms with van der Waals surface area (Å²) in [4.78, 5) is 12.3. The summed E-state index contributed by atoms with van der Waals surface area (Å²) >= 11 is 7.04. The zero-order valence-electron chi connectivity index (χ0n) is 16.3. The van der Waals surface area contributed by atoms with Gasteiger partial charge in [0.05, 0.1) is 8.95 Å². The molecule has 3 rings (SSSR count).